The third-order valence-corrected chi connectivity index (χ3v) is 6.89. The third-order valence-electron chi connectivity index (χ3n) is 6.89. The molecule has 4 unspecified atom stereocenters. The van der Waals surface area contributed by atoms with Gasteiger partial charge in [-0.15, -0.1) is 0 Å². The van der Waals surface area contributed by atoms with Gasteiger partial charge >= 0.3 is 5.97 Å². The zero-order valence-electron chi connectivity index (χ0n) is 15.9. The molecule has 146 valence electrons. The lowest BCUT2D eigenvalue weighted by Crippen LogP contribution is -2.66. The number of ketones is 2. The number of benzene rings is 1. The fourth-order valence-corrected chi connectivity index (χ4v) is 5.50. The van der Waals surface area contributed by atoms with Crippen LogP contribution in [0.4, 0.5) is 0 Å². The monoisotopic (exact) mass is 382 g/mol. The van der Waals surface area contributed by atoms with Crippen LogP contribution in [0.5, 0.6) is 0 Å². The maximum absolute atomic E-state index is 13.9. The van der Waals surface area contributed by atoms with Gasteiger partial charge in [0.05, 0.1) is 12.0 Å². The highest BCUT2D eigenvalue weighted by Gasteiger charge is 2.87. The first-order valence-electron chi connectivity index (χ1n) is 9.82. The lowest BCUT2D eigenvalue weighted by Gasteiger charge is -2.50. The zero-order chi connectivity index (χ0) is 19.8. The number of hydrogen-bond acceptors (Lipinski definition) is 6. The van der Waals surface area contributed by atoms with Crippen LogP contribution in [0.3, 0.4) is 0 Å². The van der Waals surface area contributed by atoms with Crippen molar-refractivity contribution in [1.82, 2.24) is 0 Å². The van der Waals surface area contributed by atoms with Crippen molar-refractivity contribution in [3.8, 4) is 0 Å². The van der Waals surface area contributed by atoms with Crippen molar-refractivity contribution in [3.63, 3.8) is 0 Å². The summed E-state index contributed by atoms with van der Waals surface area (Å²) in [6, 6.07) is 6.92. The van der Waals surface area contributed by atoms with E-state index in [1.54, 1.807) is 31.2 Å². The fourth-order valence-electron chi connectivity index (χ4n) is 5.50. The highest BCUT2D eigenvalue weighted by atomic mass is 16.8. The summed E-state index contributed by atoms with van der Waals surface area (Å²) in [4.78, 5) is 39.7. The van der Waals surface area contributed by atoms with Crippen molar-refractivity contribution in [1.29, 1.82) is 0 Å². The predicted octanol–water partition coefficient (Wildman–Crippen LogP) is 2.84. The fraction of sp³-hybridized carbons (Fsp3) is 0.500. The van der Waals surface area contributed by atoms with E-state index in [1.807, 2.05) is 6.92 Å². The quantitative estimate of drug-likeness (QED) is 0.578. The molecule has 2 heterocycles. The van der Waals surface area contributed by atoms with Crippen LogP contribution in [0.1, 0.15) is 55.5 Å². The number of esters is 1. The molecule has 2 saturated heterocycles. The Kier molecular flexibility index (Phi) is 3.42. The summed E-state index contributed by atoms with van der Waals surface area (Å²) in [5.41, 5.74) is -3.49. The second kappa shape index (κ2) is 5.39. The zero-order valence-corrected chi connectivity index (χ0v) is 15.9. The van der Waals surface area contributed by atoms with Crippen LogP contribution in [0.15, 0.2) is 36.4 Å². The molecular weight excluding hydrogens is 360 g/mol. The minimum absolute atomic E-state index is 0.112. The van der Waals surface area contributed by atoms with Crippen molar-refractivity contribution in [2.24, 2.45) is 5.41 Å². The first-order valence-corrected chi connectivity index (χ1v) is 9.82. The smallest absolute Gasteiger partial charge is 0.350 e. The topological polar surface area (TPSA) is 78.9 Å². The second-order valence-electron chi connectivity index (χ2n) is 8.21. The molecule has 2 aliphatic heterocycles. The molecule has 0 N–H and O–H groups in total. The number of allylic oxidation sites excluding steroid dienone is 1. The normalized spacial score (nSPS) is 40.5. The number of Topliss-reactive ketones (excluding diaryl/α,β-unsaturated/α-hetero) is 1. The molecule has 1 aromatic rings. The van der Waals surface area contributed by atoms with Gasteiger partial charge in [0.2, 0.25) is 0 Å². The van der Waals surface area contributed by atoms with Crippen molar-refractivity contribution < 1.29 is 28.6 Å². The molecule has 6 heteroatoms. The molecule has 6 nitrogen and oxygen atoms in total. The molecule has 1 saturated carbocycles. The number of rotatable bonds is 2. The van der Waals surface area contributed by atoms with Crippen LogP contribution < -0.4 is 0 Å². The van der Waals surface area contributed by atoms with E-state index < -0.39 is 28.4 Å². The summed E-state index contributed by atoms with van der Waals surface area (Å²) in [6.07, 6.45) is 5.71. The summed E-state index contributed by atoms with van der Waals surface area (Å²) in [7, 11) is 0. The van der Waals surface area contributed by atoms with Gasteiger partial charge in [-0.25, -0.2) is 4.79 Å². The molecule has 1 aromatic carbocycles. The molecule has 0 radical (unpaired) electrons. The number of carbonyl (C=O) groups excluding carboxylic acids is 3. The van der Waals surface area contributed by atoms with Crippen LogP contribution in [0.25, 0.3) is 0 Å². The van der Waals surface area contributed by atoms with Gasteiger partial charge in [-0.3, -0.25) is 9.59 Å². The Hall–Kier alpha value is -2.31. The van der Waals surface area contributed by atoms with E-state index in [9.17, 15) is 14.4 Å². The lowest BCUT2D eigenvalue weighted by molar-refractivity contribution is -0.247. The van der Waals surface area contributed by atoms with E-state index in [1.165, 1.54) is 12.2 Å². The second-order valence-corrected chi connectivity index (χ2v) is 8.21. The van der Waals surface area contributed by atoms with E-state index >= 15 is 0 Å². The van der Waals surface area contributed by atoms with Gasteiger partial charge in [0.15, 0.2) is 23.0 Å². The number of hydrogen-bond donors (Lipinski definition) is 0. The van der Waals surface area contributed by atoms with Crippen LogP contribution in [-0.2, 0) is 29.4 Å². The van der Waals surface area contributed by atoms with Gasteiger partial charge in [0, 0.05) is 17.5 Å². The van der Waals surface area contributed by atoms with Crippen LogP contribution in [0, 0.1) is 5.41 Å². The van der Waals surface area contributed by atoms with Crippen LogP contribution in [-0.4, -0.2) is 35.5 Å². The van der Waals surface area contributed by atoms with Crippen LogP contribution in [0.2, 0.25) is 0 Å². The minimum Gasteiger partial charge on any atom is -0.463 e. The highest BCUT2D eigenvalue weighted by Crippen LogP contribution is 2.69. The summed E-state index contributed by atoms with van der Waals surface area (Å²) in [5.74, 6) is -2.45. The molecular formula is C22H22O6. The Morgan fingerprint density at radius 3 is 2.68 bits per heavy atom. The average molecular weight is 382 g/mol. The van der Waals surface area contributed by atoms with Gasteiger partial charge in [-0.2, -0.15) is 0 Å². The maximum atomic E-state index is 13.9. The van der Waals surface area contributed by atoms with Crippen molar-refractivity contribution in [3.05, 3.63) is 47.5 Å². The number of ether oxygens (including phenoxy) is 3. The third kappa shape index (κ3) is 1.70. The molecule has 2 aliphatic carbocycles. The molecule has 0 amide bonds. The Morgan fingerprint density at radius 1 is 1.14 bits per heavy atom. The molecule has 4 atom stereocenters. The molecule has 3 fully saturated rings. The van der Waals surface area contributed by atoms with E-state index in [-0.39, 0.29) is 18.2 Å². The molecule has 2 bridgehead atoms. The van der Waals surface area contributed by atoms with Gasteiger partial charge < -0.3 is 14.2 Å². The first kappa shape index (κ1) is 17.8. The average Bonchev–Trinajstić information content (AvgIpc) is 3.11. The molecule has 5 rings (SSSR count). The number of fused-ring (bicyclic) bond motifs is 4. The van der Waals surface area contributed by atoms with E-state index in [4.69, 9.17) is 14.2 Å². The SMILES string of the molecule is CCOC(=O)C12OC3(CCCCC3(C)C1=O)OC21C=CC(=O)c2ccccc21. The largest absolute Gasteiger partial charge is 0.463 e. The molecule has 0 aromatic heterocycles. The van der Waals surface area contributed by atoms with Gasteiger partial charge in [0.1, 0.15) is 0 Å². The van der Waals surface area contributed by atoms with Crippen molar-refractivity contribution in [2.45, 2.75) is 56.5 Å². The Bertz CT molecular complexity index is 950. The van der Waals surface area contributed by atoms with E-state index in [0.717, 1.165) is 12.8 Å². The molecule has 4 aliphatic rings. The Labute approximate surface area is 162 Å². The molecule has 28 heavy (non-hydrogen) atoms. The van der Waals surface area contributed by atoms with Crippen molar-refractivity contribution >= 4 is 17.5 Å². The highest BCUT2D eigenvalue weighted by molar-refractivity contribution is 6.16. The first-order chi connectivity index (χ1) is 13.4. The minimum atomic E-state index is -1.95. The van der Waals surface area contributed by atoms with Gasteiger partial charge in [-0.1, -0.05) is 30.7 Å². The summed E-state index contributed by atoms with van der Waals surface area (Å²) in [5, 5.41) is 0. The van der Waals surface area contributed by atoms with Gasteiger partial charge in [0.25, 0.3) is 5.60 Å². The predicted molar refractivity (Wildman–Crippen MR) is 97.4 cm³/mol. The summed E-state index contributed by atoms with van der Waals surface area (Å²) in [6.45, 7) is 3.63. The van der Waals surface area contributed by atoms with E-state index in [2.05, 4.69) is 0 Å². The van der Waals surface area contributed by atoms with E-state index in [0.29, 0.717) is 24.0 Å². The standard InChI is InChI=1S/C22H22O6/c1-3-26-18(25)22-17(24)19(2)11-6-7-12-21(19,28-22)27-20(22)13-10-16(23)14-8-4-5-9-15(14)20/h4-5,8-10,13H,3,6-7,11-12H2,1-2H3. The lowest BCUT2D eigenvalue weighted by atomic mass is 9.59. The maximum Gasteiger partial charge on any atom is 0.350 e. The van der Waals surface area contributed by atoms with Crippen molar-refractivity contribution in [2.75, 3.05) is 6.61 Å². The Morgan fingerprint density at radius 2 is 1.89 bits per heavy atom. The summed E-state index contributed by atoms with van der Waals surface area (Å²) >= 11 is 0. The number of carbonyl (C=O) groups is 3. The van der Waals surface area contributed by atoms with Gasteiger partial charge in [-0.05, 0) is 38.8 Å². The summed E-state index contributed by atoms with van der Waals surface area (Å²) < 4.78 is 18.3. The Balaban J connectivity index is 1.81. The van der Waals surface area contributed by atoms with Crippen LogP contribution >= 0.6 is 0 Å². The molecule has 2 spiro atoms.